The summed E-state index contributed by atoms with van der Waals surface area (Å²) in [5.41, 5.74) is 10.0. The average Bonchev–Trinajstić information content (AvgIpc) is 3.15. The Morgan fingerprint density at radius 1 is 0.967 bits per heavy atom. The van der Waals surface area contributed by atoms with Crippen molar-refractivity contribution in [1.82, 2.24) is 25.1 Å². The summed E-state index contributed by atoms with van der Waals surface area (Å²) < 4.78 is 5.80. The number of hydrogen-bond donors (Lipinski definition) is 3. The number of nitrogen functional groups attached to an aromatic ring is 1. The highest BCUT2D eigenvalue weighted by Crippen LogP contribution is 2.26. The fraction of sp³-hybridized carbons (Fsp3) is 0.143. The van der Waals surface area contributed by atoms with Crippen LogP contribution in [0.15, 0.2) is 53.7 Å². The standard InChI is InChI=1S/C21H21N7OS/c1-12-8-13(2)10-15(9-12)23-20-26-19(27-28-20)14-4-6-16(7-5-14)29-18-11-17(22)24-21(25-18)30-3/h4-11H,1-3H3,(H2,22,24,25)(H2,23,26,27,28). The number of aryl methyl sites for hydroxylation is 2. The molecule has 0 bridgehead atoms. The topological polar surface area (TPSA) is 115 Å². The minimum absolute atomic E-state index is 0.367. The molecule has 4 rings (SSSR count). The molecule has 4 N–H and O–H groups in total. The van der Waals surface area contributed by atoms with E-state index in [9.17, 15) is 0 Å². The van der Waals surface area contributed by atoms with Crippen molar-refractivity contribution in [2.24, 2.45) is 0 Å². The lowest BCUT2D eigenvalue weighted by Crippen LogP contribution is -1.97. The van der Waals surface area contributed by atoms with Gasteiger partial charge in [0.05, 0.1) is 0 Å². The molecule has 9 heteroatoms. The first-order chi connectivity index (χ1) is 14.5. The van der Waals surface area contributed by atoms with E-state index in [1.807, 2.05) is 30.5 Å². The number of H-pyrrole nitrogens is 1. The van der Waals surface area contributed by atoms with Crippen molar-refractivity contribution in [1.29, 1.82) is 0 Å². The molecule has 152 valence electrons. The van der Waals surface area contributed by atoms with Crippen molar-refractivity contribution in [3.05, 3.63) is 59.7 Å². The monoisotopic (exact) mass is 419 g/mol. The van der Waals surface area contributed by atoms with Crippen LogP contribution in [0.4, 0.5) is 17.5 Å². The zero-order valence-electron chi connectivity index (χ0n) is 16.8. The SMILES string of the molecule is CSc1nc(N)cc(Oc2ccc(-c3nnc(Nc4cc(C)cc(C)c4)[nH]3)cc2)n1. The maximum absolute atomic E-state index is 5.80. The molecule has 0 aliphatic rings. The summed E-state index contributed by atoms with van der Waals surface area (Å²) in [6.45, 7) is 4.12. The fourth-order valence-electron chi connectivity index (χ4n) is 3.00. The number of anilines is 3. The van der Waals surface area contributed by atoms with Gasteiger partial charge < -0.3 is 20.8 Å². The van der Waals surface area contributed by atoms with Crippen LogP contribution in [-0.2, 0) is 0 Å². The first-order valence-electron chi connectivity index (χ1n) is 9.23. The zero-order chi connectivity index (χ0) is 21.1. The van der Waals surface area contributed by atoms with E-state index in [1.54, 1.807) is 6.07 Å². The van der Waals surface area contributed by atoms with Crippen LogP contribution in [0.5, 0.6) is 11.6 Å². The maximum atomic E-state index is 5.80. The van der Waals surface area contributed by atoms with Crippen LogP contribution < -0.4 is 15.8 Å². The van der Waals surface area contributed by atoms with E-state index in [0.717, 1.165) is 11.3 Å². The van der Waals surface area contributed by atoms with Gasteiger partial charge in [-0.05, 0) is 67.6 Å². The molecule has 0 spiro atoms. The van der Waals surface area contributed by atoms with E-state index in [1.165, 1.54) is 22.9 Å². The highest BCUT2D eigenvalue weighted by molar-refractivity contribution is 7.98. The van der Waals surface area contributed by atoms with Crippen molar-refractivity contribution < 1.29 is 4.74 Å². The minimum Gasteiger partial charge on any atom is -0.439 e. The number of nitrogens with two attached hydrogens (primary N) is 1. The van der Waals surface area contributed by atoms with Crippen molar-refractivity contribution in [2.45, 2.75) is 19.0 Å². The largest absolute Gasteiger partial charge is 0.439 e. The smallest absolute Gasteiger partial charge is 0.226 e. The lowest BCUT2D eigenvalue weighted by molar-refractivity contribution is 0.456. The molecule has 0 saturated carbocycles. The lowest BCUT2D eigenvalue weighted by atomic mass is 10.1. The molecule has 30 heavy (non-hydrogen) atoms. The number of nitrogens with zero attached hydrogens (tertiary/aromatic N) is 4. The number of aromatic nitrogens is 5. The van der Waals surface area contributed by atoms with Gasteiger partial charge in [-0.1, -0.05) is 17.8 Å². The van der Waals surface area contributed by atoms with E-state index in [-0.39, 0.29) is 0 Å². The Morgan fingerprint density at radius 2 is 1.70 bits per heavy atom. The Hall–Kier alpha value is -3.59. The number of thioether (sulfide) groups is 1. The number of hydrogen-bond acceptors (Lipinski definition) is 8. The number of rotatable bonds is 6. The lowest BCUT2D eigenvalue weighted by Gasteiger charge is -2.07. The highest BCUT2D eigenvalue weighted by Gasteiger charge is 2.08. The van der Waals surface area contributed by atoms with E-state index >= 15 is 0 Å². The van der Waals surface area contributed by atoms with E-state index in [0.29, 0.717) is 34.4 Å². The molecule has 0 unspecified atom stereocenters. The Morgan fingerprint density at radius 3 is 2.40 bits per heavy atom. The molecule has 2 heterocycles. The summed E-state index contributed by atoms with van der Waals surface area (Å²) in [4.78, 5) is 11.6. The van der Waals surface area contributed by atoms with Crippen LogP contribution in [-0.4, -0.2) is 31.4 Å². The molecular formula is C21H21N7OS. The van der Waals surface area contributed by atoms with Crippen LogP contribution in [0.25, 0.3) is 11.4 Å². The van der Waals surface area contributed by atoms with Gasteiger partial charge in [-0.25, -0.2) is 4.98 Å². The molecule has 2 aromatic heterocycles. The van der Waals surface area contributed by atoms with Crippen molar-refractivity contribution in [2.75, 3.05) is 17.3 Å². The molecule has 0 aliphatic heterocycles. The van der Waals surface area contributed by atoms with Crippen LogP contribution in [0.1, 0.15) is 11.1 Å². The highest BCUT2D eigenvalue weighted by atomic mass is 32.2. The molecule has 8 nitrogen and oxygen atoms in total. The maximum Gasteiger partial charge on any atom is 0.226 e. The quantitative estimate of drug-likeness (QED) is 0.304. The van der Waals surface area contributed by atoms with Crippen LogP contribution in [0.3, 0.4) is 0 Å². The van der Waals surface area contributed by atoms with E-state index in [4.69, 9.17) is 10.5 Å². The molecule has 0 atom stereocenters. The predicted molar refractivity (Wildman–Crippen MR) is 119 cm³/mol. The third-order valence-electron chi connectivity index (χ3n) is 4.21. The summed E-state index contributed by atoms with van der Waals surface area (Å²) in [5, 5.41) is 12.2. The van der Waals surface area contributed by atoms with Crippen molar-refractivity contribution in [3.8, 4) is 23.0 Å². The minimum atomic E-state index is 0.367. The zero-order valence-corrected chi connectivity index (χ0v) is 17.6. The Bertz CT molecular complexity index is 1150. The number of ether oxygens (including phenoxy) is 1. The number of nitrogens with one attached hydrogen (secondary N) is 2. The van der Waals surface area contributed by atoms with Gasteiger partial charge in [0.15, 0.2) is 11.0 Å². The van der Waals surface area contributed by atoms with Gasteiger partial charge >= 0.3 is 0 Å². The van der Waals surface area contributed by atoms with E-state index in [2.05, 4.69) is 62.5 Å². The van der Waals surface area contributed by atoms with Crippen molar-refractivity contribution >= 4 is 29.2 Å². The van der Waals surface area contributed by atoms with Gasteiger partial charge in [-0.2, -0.15) is 4.98 Å². The Balaban J connectivity index is 1.47. The molecule has 2 aromatic carbocycles. The molecule has 4 aromatic rings. The van der Waals surface area contributed by atoms with Gasteiger partial charge in [0.2, 0.25) is 11.8 Å². The third-order valence-corrected chi connectivity index (χ3v) is 4.75. The number of aromatic amines is 1. The number of benzene rings is 2. The molecule has 0 fully saturated rings. The molecule has 0 amide bonds. The first-order valence-corrected chi connectivity index (χ1v) is 10.5. The second-order valence-electron chi connectivity index (χ2n) is 6.77. The third kappa shape index (κ3) is 4.69. The summed E-state index contributed by atoms with van der Waals surface area (Å²) >= 11 is 1.40. The van der Waals surface area contributed by atoms with Gasteiger partial charge in [0.25, 0.3) is 0 Å². The van der Waals surface area contributed by atoms with Crippen LogP contribution >= 0.6 is 11.8 Å². The average molecular weight is 420 g/mol. The van der Waals surface area contributed by atoms with Crippen molar-refractivity contribution in [3.63, 3.8) is 0 Å². The Labute approximate surface area is 178 Å². The second-order valence-corrected chi connectivity index (χ2v) is 7.54. The van der Waals surface area contributed by atoms with E-state index < -0.39 is 0 Å². The predicted octanol–water partition coefficient (Wildman–Crippen LogP) is 4.72. The summed E-state index contributed by atoms with van der Waals surface area (Å²) in [7, 11) is 0. The molecular weight excluding hydrogens is 398 g/mol. The fourth-order valence-corrected chi connectivity index (χ4v) is 3.38. The van der Waals surface area contributed by atoms with Crippen LogP contribution in [0.2, 0.25) is 0 Å². The van der Waals surface area contributed by atoms with Gasteiger partial charge in [-0.15, -0.1) is 10.2 Å². The summed E-state index contributed by atoms with van der Waals surface area (Å²) in [6.07, 6.45) is 1.88. The molecule has 0 radical (unpaired) electrons. The normalized spacial score (nSPS) is 10.8. The van der Waals surface area contributed by atoms with Gasteiger partial charge in [0, 0.05) is 17.3 Å². The Kier molecular flexibility index (Phi) is 5.53. The van der Waals surface area contributed by atoms with Crippen LogP contribution in [0, 0.1) is 13.8 Å². The van der Waals surface area contributed by atoms with Gasteiger partial charge in [-0.3, -0.25) is 0 Å². The summed E-state index contributed by atoms with van der Waals surface area (Å²) in [6, 6.07) is 15.3. The first kappa shape index (κ1) is 19.7. The second kappa shape index (κ2) is 8.42. The molecule has 0 saturated heterocycles. The molecule has 0 aliphatic carbocycles. The van der Waals surface area contributed by atoms with Gasteiger partial charge in [0.1, 0.15) is 11.6 Å². The summed E-state index contributed by atoms with van der Waals surface area (Å²) in [5.74, 6) is 2.64.